The smallest absolute Gasteiger partial charge is 0.234 e. The summed E-state index contributed by atoms with van der Waals surface area (Å²) in [6.45, 7) is 8.15. The Morgan fingerprint density at radius 3 is 2.53 bits per heavy atom. The van der Waals surface area contributed by atoms with Crippen molar-refractivity contribution in [3.63, 3.8) is 0 Å². The second-order valence-electron chi connectivity index (χ2n) is 4.12. The van der Waals surface area contributed by atoms with E-state index in [2.05, 4.69) is 24.5 Å². The first-order valence-corrected chi connectivity index (χ1v) is 5.57. The molecule has 0 rings (SSSR count). The number of amides is 1. The minimum Gasteiger partial charge on any atom is -0.385 e. The van der Waals surface area contributed by atoms with Crippen LogP contribution in [0.2, 0.25) is 0 Å². The van der Waals surface area contributed by atoms with E-state index < -0.39 is 0 Å². The van der Waals surface area contributed by atoms with Crippen LogP contribution in [0.5, 0.6) is 0 Å². The van der Waals surface area contributed by atoms with Gasteiger partial charge in [-0.05, 0) is 25.8 Å². The molecule has 0 aromatic carbocycles. The molecule has 1 unspecified atom stereocenters. The molecule has 0 bridgehead atoms. The molecule has 1 amide bonds. The van der Waals surface area contributed by atoms with Crippen molar-refractivity contribution in [2.24, 2.45) is 5.92 Å². The summed E-state index contributed by atoms with van der Waals surface area (Å²) in [7, 11) is 1.68. The van der Waals surface area contributed by atoms with Gasteiger partial charge in [-0.3, -0.25) is 4.79 Å². The monoisotopic (exact) mass is 216 g/mol. The number of rotatable bonds is 8. The van der Waals surface area contributed by atoms with Crippen molar-refractivity contribution < 1.29 is 9.53 Å². The van der Waals surface area contributed by atoms with Gasteiger partial charge in [0, 0.05) is 19.8 Å². The molecule has 0 saturated heterocycles. The van der Waals surface area contributed by atoms with E-state index in [1.165, 1.54) is 0 Å². The Hall–Kier alpha value is -0.610. The minimum atomic E-state index is 0.0635. The Morgan fingerprint density at radius 2 is 2.00 bits per heavy atom. The van der Waals surface area contributed by atoms with Crippen molar-refractivity contribution in [2.75, 3.05) is 26.8 Å². The first-order valence-electron chi connectivity index (χ1n) is 5.57. The van der Waals surface area contributed by atoms with Crippen LogP contribution >= 0.6 is 0 Å². The molecule has 0 saturated carbocycles. The molecular formula is C11H24N2O2. The molecule has 0 heterocycles. The van der Waals surface area contributed by atoms with Gasteiger partial charge in [0.1, 0.15) is 0 Å². The largest absolute Gasteiger partial charge is 0.385 e. The number of carbonyl (C=O) groups is 1. The third-order valence-electron chi connectivity index (χ3n) is 2.38. The second-order valence-corrected chi connectivity index (χ2v) is 4.12. The van der Waals surface area contributed by atoms with E-state index in [9.17, 15) is 4.79 Å². The van der Waals surface area contributed by atoms with Crippen LogP contribution in [0.4, 0.5) is 0 Å². The van der Waals surface area contributed by atoms with Gasteiger partial charge < -0.3 is 15.4 Å². The van der Waals surface area contributed by atoms with E-state index in [0.29, 0.717) is 12.5 Å². The molecule has 0 aliphatic carbocycles. The molecule has 90 valence electrons. The van der Waals surface area contributed by atoms with Crippen molar-refractivity contribution in [1.29, 1.82) is 0 Å². The molecule has 0 aromatic heterocycles. The molecule has 15 heavy (non-hydrogen) atoms. The quantitative estimate of drug-likeness (QED) is 0.589. The highest BCUT2D eigenvalue weighted by atomic mass is 16.5. The molecule has 4 heteroatoms. The van der Waals surface area contributed by atoms with Crippen LogP contribution in [-0.4, -0.2) is 38.8 Å². The van der Waals surface area contributed by atoms with Crippen LogP contribution < -0.4 is 10.6 Å². The lowest BCUT2D eigenvalue weighted by Crippen LogP contribution is -2.41. The lowest BCUT2D eigenvalue weighted by Gasteiger charge is -2.17. The highest BCUT2D eigenvalue weighted by Crippen LogP contribution is 1.98. The Kier molecular flexibility index (Phi) is 8.33. The van der Waals surface area contributed by atoms with Crippen LogP contribution in [-0.2, 0) is 9.53 Å². The summed E-state index contributed by atoms with van der Waals surface area (Å²) < 4.78 is 4.90. The predicted molar refractivity (Wildman–Crippen MR) is 61.8 cm³/mol. The van der Waals surface area contributed by atoms with Gasteiger partial charge >= 0.3 is 0 Å². The van der Waals surface area contributed by atoms with E-state index in [0.717, 1.165) is 19.6 Å². The molecule has 4 nitrogen and oxygen atoms in total. The van der Waals surface area contributed by atoms with Gasteiger partial charge in [-0.15, -0.1) is 0 Å². The summed E-state index contributed by atoms with van der Waals surface area (Å²) in [6, 6.07) is 0.235. The van der Waals surface area contributed by atoms with E-state index >= 15 is 0 Å². The zero-order valence-corrected chi connectivity index (χ0v) is 10.3. The van der Waals surface area contributed by atoms with Gasteiger partial charge in [0.25, 0.3) is 0 Å². The molecule has 0 fully saturated rings. The maximum atomic E-state index is 11.4. The normalized spacial score (nSPS) is 12.9. The van der Waals surface area contributed by atoms with Crippen molar-refractivity contribution in [3.8, 4) is 0 Å². The van der Waals surface area contributed by atoms with Crippen LogP contribution in [0.3, 0.4) is 0 Å². The van der Waals surface area contributed by atoms with E-state index in [1.807, 2.05) is 6.92 Å². The van der Waals surface area contributed by atoms with Crippen molar-refractivity contribution >= 4 is 5.91 Å². The third kappa shape index (κ3) is 8.39. The van der Waals surface area contributed by atoms with Crippen LogP contribution in [0.25, 0.3) is 0 Å². The Labute approximate surface area is 92.8 Å². The summed E-state index contributed by atoms with van der Waals surface area (Å²) in [5.41, 5.74) is 0. The average Bonchev–Trinajstić information content (AvgIpc) is 2.17. The minimum absolute atomic E-state index is 0.0635. The molecule has 0 radical (unpaired) electrons. The molecule has 0 spiro atoms. The third-order valence-corrected chi connectivity index (χ3v) is 2.38. The number of hydrogen-bond acceptors (Lipinski definition) is 3. The van der Waals surface area contributed by atoms with Gasteiger partial charge in [-0.25, -0.2) is 0 Å². The van der Waals surface area contributed by atoms with E-state index in [1.54, 1.807) is 7.11 Å². The zero-order valence-electron chi connectivity index (χ0n) is 10.3. The summed E-state index contributed by atoms with van der Waals surface area (Å²) in [6.07, 6.45) is 0.934. The molecule has 0 aliphatic heterocycles. The maximum Gasteiger partial charge on any atom is 0.234 e. The summed E-state index contributed by atoms with van der Waals surface area (Å²) in [5.74, 6) is 0.538. The Balaban J connectivity index is 3.41. The average molecular weight is 216 g/mol. The van der Waals surface area contributed by atoms with E-state index in [4.69, 9.17) is 4.74 Å². The highest BCUT2D eigenvalue weighted by molar-refractivity contribution is 5.78. The van der Waals surface area contributed by atoms with Crippen molar-refractivity contribution in [2.45, 2.75) is 33.2 Å². The lowest BCUT2D eigenvalue weighted by molar-refractivity contribution is -0.121. The topological polar surface area (TPSA) is 50.4 Å². The van der Waals surface area contributed by atoms with Crippen LogP contribution in [0.15, 0.2) is 0 Å². The fourth-order valence-corrected chi connectivity index (χ4v) is 1.02. The van der Waals surface area contributed by atoms with Gasteiger partial charge in [0.15, 0.2) is 0 Å². The molecule has 0 aliphatic rings. The molecule has 2 N–H and O–H groups in total. The molecule has 1 atom stereocenters. The van der Waals surface area contributed by atoms with Crippen molar-refractivity contribution in [1.82, 2.24) is 10.6 Å². The fraction of sp³-hybridized carbons (Fsp3) is 0.909. The van der Waals surface area contributed by atoms with Gasteiger partial charge in [0.2, 0.25) is 5.91 Å². The zero-order chi connectivity index (χ0) is 11.7. The van der Waals surface area contributed by atoms with Gasteiger partial charge in [-0.1, -0.05) is 13.8 Å². The van der Waals surface area contributed by atoms with Crippen molar-refractivity contribution in [3.05, 3.63) is 0 Å². The maximum absolute atomic E-state index is 11.4. The SMILES string of the molecule is COCCCNCC(=O)NC(C)C(C)C. The second kappa shape index (κ2) is 8.68. The number of carbonyl (C=O) groups excluding carboxylic acids is 1. The highest BCUT2D eigenvalue weighted by Gasteiger charge is 2.09. The number of methoxy groups -OCH3 is 1. The molecular weight excluding hydrogens is 192 g/mol. The number of ether oxygens (including phenoxy) is 1. The van der Waals surface area contributed by atoms with E-state index in [-0.39, 0.29) is 11.9 Å². The van der Waals surface area contributed by atoms with Crippen LogP contribution in [0.1, 0.15) is 27.2 Å². The standard InChI is InChI=1S/C11H24N2O2/c1-9(2)10(3)13-11(14)8-12-6-5-7-15-4/h9-10,12H,5-8H2,1-4H3,(H,13,14). The van der Waals surface area contributed by atoms with Gasteiger partial charge in [-0.2, -0.15) is 0 Å². The van der Waals surface area contributed by atoms with Crippen LogP contribution in [0, 0.1) is 5.92 Å². The number of nitrogens with one attached hydrogen (secondary N) is 2. The fourth-order valence-electron chi connectivity index (χ4n) is 1.02. The predicted octanol–water partition coefficient (Wildman–Crippen LogP) is 0.773. The summed E-state index contributed by atoms with van der Waals surface area (Å²) >= 11 is 0. The Morgan fingerprint density at radius 1 is 1.33 bits per heavy atom. The lowest BCUT2D eigenvalue weighted by atomic mass is 10.1. The summed E-state index contributed by atoms with van der Waals surface area (Å²) in [4.78, 5) is 11.4. The summed E-state index contributed by atoms with van der Waals surface area (Å²) in [5, 5.41) is 6.01. The first kappa shape index (κ1) is 14.4. The molecule has 0 aromatic rings. The Bertz CT molecular complexity index is 172. The number of hydrogen-bond donors (Lipinski definition) is 2. The first-order chi connectivity index (χ1) is 7.07. The van der Waals surface area contributed by atoms with Gasteiger partial charge in [0.05, 0.1) is 6.54 Å².